The van der Waals surface area contributed by atoms with Crippen LogP contribution in [0.25, 0.3) is 0 Å². The van der Waals surface area contributed by atoms with Crippen molar-refractivity contribution in [2.24, 2.45) is 5.73 Å². The summed E-state index contributed by atoms with van der Waals surface area (Å²) in [5.41, 5.74) is 7.36. The molecule has 4 nitrogen and oxygen atoms in total. The van der Waals surface area contributed by atoms with E-state index >= 15 is 0 Å². The minimum Gasteiger partial charge on any atom is -0.372 e. The number of amides is 1. The number of unbranched alkanes of at least 4 members (excludes halogenated alkanes) is 1. The fourth-order valence-electron chi connectivity index (χ4n) is 2.01. The molecule has 0 fully saturated rings. The van der Waals surface area contributed by atoms with Gasteiger partial charge in [-0.25, -0.2) is 0 Å². The summed E-state index contributed by atoms with van der Waals surface area (Å²) in [4.78, 5) is 14.3. The largest absolute Gasteiger partial charge is 0.372 e. The number of nitrogens with two attached hydrogens (primary N) is 1. The summed E-state index contributed by atoms with van der Waals surface area (Å²) >= 11 is 0. The maximum Gasteiger partial charge on any atom is 0.251 e. The van der Waals surface area contributed by atoms with Gasteiger partial charge in [-0.2, -0.15) is 0 Å². The number of nitrogens with one attached hydrogen (secondary N) is 1. The molecule has 0 saturated heterocycles. The van der Waals surface area contributed by atoms with Gasteiger partial charge in [0.05, 0.1) is 0 Å². The van der Waals surface area contributed by atoms with Gasteiger partial charge in [0.15, 0.2) is 0 Å². The Morgan fingerprint density at radius 2 is 1.95 bits per heavy atom. The Morgan fingerprint density at radius 3 is 2.45 bits per heavy atom. The van der Waals surface area contributed by atoms with Crippen molar-refractivity contribution in [1.29, 1.82) is 0 Å². The van der Waals surface area contributed by atoms with Gasteiger partial charge in [0.1, 0.15) is 0 Å². The van der Waals surface area contributed by atoms with E-state index in [1.54, 1.807) is 0 Å². The van der Waals surface area contributed by atoms with Crippen LogP contribution in [0, 0.1) is 0 Å². The number of benzene rings is 1. The normalized spacial score (nSPS) is 12.0. The lowest BCUT2D eigenvalue weighted by molar-refractivity contribution is 0.0941. The van der Waals surface area contributed by atoms with Crippen molar-refractivity contribution in [3.05, 3.63) is 29.8 Å². The van der Waals surface area contributed by atoms with E-state index in [4.69, 9.17) is 5.73 Å². The van der Waals surface area contributed by atoms with Crippen LogP contribution in [0.5, 0.6) is 0 Å². The van der Waals surface area contributed by atoms with Crippen molar-refractivity contribution < 1.29 is 4.79 Å². The Morgan fingerprint density at radius 1 is 1.30 bits per heavy atom. The summed E-state index contributed by atoms with van der Waals surface area (Å²) in [5.74, 6) is -0.0638. The Balaban J connectivity index is 2.69. The molecule has 0 aromatic heterocycles. The van der Waals surface area contributed by atoms with E-state index in [2.05, 4.69) is 24.1 Å². The molecule has 0 aliphatic carbocycles. The molecule has 20 heavy (non-hydrogen) atoms. The van der Waals surface area contributed by atoms with E-state index in [0.29, 0.717) is 12.1 Å². The average Bonchev–Trinajstić information content (AvgIpc) is 2.48. The summed E-state index contributed by atoms with van der Waals surface area (Å²) in [6.45, 7) is 8.73. The zero-order valence-electron chi connectivity index (χ0n) is 12.9. The molecule has 112 valence electrons. The number of nitrogens with zero attached hydrogens (tertiary/aromatic N) is 1. The van der Waals surface area contributed by atoms with Gasteiger partial charge in [0.25, 0.3) is 5.91 Å². The fraction of sp³-hybridized carbons (Fsp3) is 0.562. The van der Waals surface area contributed by atoms with Crippen molar-refractivity contribution >= 4 is 11.6 Å². The van der Waals surface area contributed by atoms with Gasteiger partial charge >= 0.3 is 0 Å². The highest BCUT2D eigenvalue weighted by Crippen LogP contribution is 2.16. The van der Waals surface area contributed by atoms with Gasteiger partial charge in [0.2, 0.25) is 0 Å². The van der Waals surface area contributed by atoms with E-state index in [0.717, 1.165) is 13.1 Å². The highest BCUT2D eigenvalue weighted by atomic mass is 16.1. The number of rotatable bonds is 8. The third kappa shape index (κ3) is 4.85. The predicted octanol–water partition coefficient (Wildman–Crippen LogP) is 2.39. The molecule has 1 aromatic rings. The van der Waals surface area contributed by atoms with Crippen LogP contribution in [0.1, 0.15) is 44.0 Å². The molecule has 0 radical (unpaired) electrons. The molecule has 1 aromatic carbocycles. The predicted molar refractivity (Wildman–Crippen MR) is 85.2 cm³/mol. The standard InChI is InChI=1S/C16H27N3O/c1-4-6-11-19(5-2)15-9-7-14(8-10-15)16(20)18-13(3)12-17/h7-10,13H,4-6,11-12,17H2,1-3H3,(H,18,20)/t13-/m0/s1. The van der Waals surface area contributed by atoms with Crippen LogP contribution in [0.15, 0.2) is 24.3 Å². The van der Waals surface area contributed by atoms with Crippen LogP contribution in [0.4, 0.5) is 5.69 Å². The monoisotopic (exact) mass is 277 g/mol. The summed E-state index contributed by atoms with van der Waals surface area (Å²) in [7, 11) is 0. The second kappa shape index (κ2) is 8.59. The number of carbonyl (C=O) groups is 1. The molecule has 0 bridgehead atoms. The Hall–Kier alpha value is -1.55. The van der Waals surface area contributed by atoms with Crippen molar-refractivity contribution in [2.75, 3.05) is 24.5 Å². The van der Waals surface area contributed by atoms with E-state index < -0.39 is 0 Å². The first kappa shape index (κ1) is 16.5. The van der Waals surface area contributed by atoms with Crippen molar-refractivity contribution in [3.8, 4) is 0 Å². The Labute approximate surface area is 122 Å². The molecule has 0 saturated carbocycles. The van der Waals surface area contributed by atoms with Gasteiger partial charge in [-0.05, 0) is 44.5 Å². The first-order chi connectivity index (χ1) is 9.62. The van der Waals surface area contributed by atoms with Gasteiger partial charge < -0.3 is 16.0 Å². The minimum absolute atomic E-state index is 0.00105. The van der Waals surface area contributed by atoms with Crippen LogP contribution < -0.4 is 16.0 Å². The minimum atomic E-state index is -0.0638. The lowest BCUT2D eigenvalue weighted by Crippen LogP contribution is -2.37. The van der Waals surface area contributed by atoms with E-state index in [1.807, 2.05) is 31.2 Å². The Bertz CT molecular complexity index is 403. The molecule has 0 heterocycles. The first-order valence-electron chi connectivity index (χ1n) is 7.48. The molecule has 1 amide bonds. The fourth-order valence-corrected chi connectivity index (χ4v) is 2.01. The smallest absolute Gasteiger partial charge is 0.251 e. The number of hydrogen-bond donors (Lipinski definition) is 2. The maximum absolute atomic E-state index is 12.0. The topological polar surface area (TPSA) is 58.4 Å². The zero-order chi connectivity index (χ0) is 15.0. The molecule has 0 aliphatic rings. The van der Waals surface area contributed by atoms with Crippen LogP contribution in [-0.4, -0.2) is 31.6 Å². The third-order valence-corrected chi connectivity index (χ3v) is 3.39. The molecule has 1 rings (SSSR count). The maximum atomic E-state index is 12.0. The lowest BCUT2D eigenvalue weighted by Gasteiger charge is -2.23. The van der Waals surface area contributed by atoms with E-state index in [9.17, 15) is 4.79 Å². The number of carbonyl (C=O) groups excluding carboxylic acids is 1. The third-order valence-electron chi connectivity index (χ3n) is 3.39. The highest BCUT2D eigenvalue weighted by molar-refractivity contribution is 5.94. The molecular formula is C16H27N3O. The van der Waals surface area contributed by atoms with Crippen molar-refractivity contribution in [3.63, 3.8) is 0 Å². The zero-order valence-corrected chi connectivity index (χ0v) is 12.9. The second-order valence-corrected chi connectivity index (χ2v) is 5.09. The number of anilines is 1. The summed E-state index contributed by atoms with van der Waals surface area (Å²) < 4.78 is 0. The van der Waals surface area contributed by atoms with Crippen molar-refractivity contribution in [2.45, 2.75) is 39.7 Å². The Kier molecular flexibility index (Phi) is 7.09. The van der Waals surface area contributed by atoms with Gasteiger partial charge in [-0.1, -0.05) is 13.3 Å². The van der Waals surface area contributed by atoms with Gasteiger partial charge in [-0.3, -0.25) is 4.79 Å². The molecule has 1 atom stereocenters. The molecule has 3 N–H and O–H groups in total. The summed E-state index contributed by atoms with van der Waals surface area (Å²) in [6, 6.07) is 7.78. The molecule has 4 heteroatoms. The number of hydrogen-bond acceptors (Lipinski definition) is 3. The lowest BCUT2D eigenvalue weighted by atomic mass is 10.1. The quantitative estimate of drug-likeness (QED) is 0.767. The van der Waals surface area contributed by atoms with Crippen LogP contribution >= 0.6 is 0 Å². The van der Waals surface area contributed by atoms with Crippen LogP contribution in [0.2, 0.25) is 0 Å². The average molecular weight is 277 g/mol. The molecular weight excluding hydrogens is 250 g/mol. The SMILES string of the molecule is CCCCN(CC)c1ccc(C(=O)N[C@@H](C)CN)cc1. The van der Waals surface area contributed by atoms with Gasteiger partial charge in [0, 0.05) is 36.9 Å². The van der Waals surface area contributed by atoms with E-state index in [-0.39, 0.29) is 11.9 Å². The molecule has 0 spiro atoms. The van der Waals surface area contributed by atoms with Gasteiger partial charge in [-0.15, -0.1) is 0 Å². The molecule has 0 aliphatic heterocycles. The highest BCUT2D eigenvalue weighted by Gasteiger charge is 2.09. The molecule has 0 unspecified atom stereocenters. The summed E-state index contributed by atoms with van der Waals surface area (Å²) in [5, 5.41) is 2.87. The van der Waals surface area contributed by atoms with Crippen LogP contribution in [-0.2, 0) is 0 Å². The van der Waals surface area contributed by atoms with E-state index in [1.165, 1.54) is 18.5 Å². The first-order valence-corrected chi connectivity index (χ1v) is 7.48. The van der Waals surface area contributed by atoms with Crippen molar-refractivity contribution in [1.82, 2.24) is 5.32 Å². The van der Waals surface area contributed by atoms with Crippen LogP contribution in [0.3, 0.4) is 0 Å². The second-order valence-electron chi connectivity index (χ2n) is 5.09. The summed E-state index contributed by atoms with van der Waals surface area (Å²) in [6.07, 6.45) is 2.37.